The SMILES string of the molecule is COc1cc(Br)c(Oc2ccc(CCN)cc2Cl)cc1Br. The molecule has 2 aromatic rings. The topological polar surface area (TPSA) is 44.5 Å². The molecule has 112 valence electrons. The molecule has 0 bridgehead atoms. The summed E-state index contributed by atoms with van der Waals surface area (Å²) in [4.78, 5) is 0. The maximum absolute atomic E-state index is 6.25. The molecule has 0 aliphatic rings. The van der Waals surface area contributed by atoms with E-state index >= 15 is 0 Å². The molecule has 6 heteroatoms. The fraction of sp³-hybridized carbons (Fsp3) is 0.200. The van der Waals surface area contributed by atoms with Crippen LogP contribution in [-0.2, 0) is 6.42 Å². The second-order valence-corrected chi connectivity index (χ2v) is 6.44. The molecule has 0 aliphatic heterocycles. The van der Waals surface area contributed by atoms with Crippen molar-refractivity contribution >= 4 is 43.5 Å². The lowest BCUT2D eigenvalue weighted by molar-refractivity contribution is 0.409. The molecular formula is C15H14Br2ClNO2. The molecule has 2 aromatic carbocycles. The van der Waals surface area contributed by atoms with Crippen molar-refractivity contribution in [3.05, 3.63) is 49.9 Å². The van der Waals surface area contributed by atoms with Crippen LogP contribution in [0.5, 0.6) is 17.2 Å². The van der Waals surface area contributed by atoms with E-state index in [-0.39, 0.29) is 0 Å². The third kappa shape index (κ3) is 4.13. The predicted octanol–water partition coefficient (Wildman–Crippen LogP) is 5.17. The summed E-state index contributed by atoms with van der Waals surface area (Å²) in [5.74, 6) is 1.96. The Balaban J connectivity index is 2.28. The zero-order valence-corrected chi connectivity index (χ0v) is 15.3. The molecule has 0 aromatic heterocycles. The third-order valence-electron chi connectivity index (χ3n) is 2.86. The van der Waals surface area contributed by atoms with Crippen molar-refractivity contribution in [3.63, 3.8) is 0 Å². The molecule has 3 nitrogen and oxygen atoms in total. The average Bonchev–Trinajstić information content (AvgIpc) is 2.45. The summed E-state index contributed by atoms with van der Waals surface area (Å²) in [5.41, 5.74) is 6.63. The van der Waals surface area contributed by atoms with E-state index < -0.39 is 0 Å². The lowest BCUT2D eigenvalue weighted by Crippen LogP contribution is -2.02. The minimum atomic E-state index is 0.555. The summed E-state index contributed by atoms with van der Waals surface area (Å²) in [5, 5.41) is 0.555. The summed E-state index contributed by atoms with van der Waals surface area (Å²) in [6.07, 6.45) is 0.789. The zero-order chi connectivity index (χ0) is 15.4. The van der Waals surface area contributed by atoms with Crippen LogP contribution in [0.1, 0.15) is 5.56 Å². The van der Waals surface area contributed by atoms with Gasteiger partial charge in [0.05, 0.1) is 21.1 Å². The van der Waals surface area contributed by atoms with Crippen LogP contribution in [0.2, 0.25) is 5.02 Å². The van der Waals surface area contributed by atoms with Gasteiger partial charge in [0, 0.05) is 0 Å². The second-order valence-electron chi connectivity index (χ2n) is 4.32. The van der Waals surface area contributed by atoms with Gasteiger partial charge in [-0.05, 0) is 74.7 Å². The average molecular weight is 436 g/mol. The van der Waals surface area contributed by atoms with Crippen LogP contribution in [0.3, 0.4) is 0 Å². The van der Waals surface area contributed by atoms with E-state index in [2.05, 4.69) is 31.9 Å². The molecular weight excluding hydrogens is 421 g/mol. The van der Waals surface area contributed by atoms with Gasteiger partial charge in [-0.3, -0.25) is 0 Å². The van der Waals surface area contributed by atoms with Gasteiger partial charge in [0.2, 0.25) is 0 Å². The maximum Gasteiger partial charge on any atom is 0.146 e. The van der Waals surface area contributed by atoms with Crippen LogP contribution in [0.15, 0.2) is 39.3 Å². The Morgan fingerprint density at radius 3 is 2.33 bits per heavy atom. The van der Waals surface area contributed by atoms with E-state index in [1.165, 1.54) is 0 Å². The zero-order valence-electron chi connectivity index (χ0n) is 11.3. The van der Waals surface area contributed by atoms with Gasteiger partial charge in [0.1, 0.15) is 17.2 Å². The van der Waals surface area contributed by atoms with Crippen molar-refractivity contribution in [1.29, 1.82) is 0 Å². The van der Waals surface area contributed by atoms with Crippen LogP contribution >= 0.6 is 43.5 Å². The summed E-state index contributed by atoms with van der Waals surface area (Å²) in [6.45, 7) is 0.591. The molecule has 0 unspecified atom stereocenters. The standard InChI is InChI=1S/C15H14Br2ClNO2/c1-20-14-7-11(17)15(8-10(14)16)21-13-3-2-9(4-5-19)6-12(13)18/h2-3,6-8H,4-5,19H2,1H3. The monoisotopic (exact) mass is 433 g/mol. The van der Waals surface area contributed by atoms with Crippen molar-refractivity contribution in [2.45, 2.75) is 6.42 Å². The van der Waals surface area contributed by atoms with Crippen LogP contribution < -0.4 is 15.2 Å². The van der Waals surface area contributed by atoms with Crippen LogP contribution in [0.25, 0.3) is 0 Å². The summed E-state index contributed by atoms with van der Waals surface area (Å²) in [7, 11) is 1.61. The number of ether oxygens (including phenoxy) is 2. The first-order valence-electron chi connectivity index (χ1n) is 6.24. The fourth-order valence-electron chi connectivity index (χ4n) is 1.81. The molecule has 0 spiro atoms. The van der Waals surface area contributed by atoms with E-state index in [4.69, 9.17) is 26.8 Å². The smallest absolute Gasteiger partial charge is 0.146 e. The van der Waals surface area contributed by atoms with Gasteiger partial charge in [0.15, 0.2) is 0 Å². The molecule has 2 rings (SSSR count). The van der Waals surface area contributed by atoms with Crippen molar-refractivity contribution in [2.24, 2.45) is 5.73 Å². The summed E-state index contributed by atoms with van der Waals surface area (Å²) >= 11 is 13.1. The number of methoxy groups -OCH3 is 1. The quantitative estimate of drug-likeness (QED) is 0.705. The number of nitrogens with two attached hydrogens (primary N) is 1. The van der Waals surface area contributed by atoms with Crippen LogP contribution in [0, 0.1) is 0 Å². The molecule has 0 radical (unpaired) electrons. The number of halogens is 3. The number of benzene rings is 2. The highest BCUT2D eigenvalue weighted by molar-refractivity contribution is 9.11. The van der Waals surface area contributed by atoms with Crippen molar-refractivity contribution in [3.8, 4) is 17.2 Å². The lowest BCUT2D eigenvalue weighted by atomic mass is 10.1. The van der Waals surface area contributed by atoms with Crippen molar-refractivity contribution in [1.82, 2.24) is 0 Å². The molecule has 0 aliphatic carbocycles. The first kappa shape index (κ1) is 16.6. The molecule has 0 saturated carbocycles. The maximum atomic E-state index is 6.25. The summed E-state index contributed by atoms with van der Waals surface area (Å²) in [6, 6.07) is 9.33. The molecule has 0 fully saturated rings. The lowest BCUT2D eigenvalue weighted by Gasteiger charge is -2.12. The largest absolute Gasteiger partial charge is 0.496 e. The number of hydrogen-bond donors (Lipinski definition) is 1. The van der Waals surface area contributed by atoms with Gasteiger partial charge in [-0.1, -0.05) is 17.7 Å². The first-order chi connectivity index (χ1) is 10.0. The molecule has 0 amide bonds. The van der Waals surface area contributed by atoms with E-state index in [1.807, 2.05) is 30.3 Å². The van der Waals surface area contributed by atoms with Gasteiger partial charge in [-0.2, -0.15) is 0 Å². The Hall–Kier alpha value is -0.750. The number of hydrogen-bond acceptors (Lipinski definition) is 3. The van der Waals surface area contributed by atoms with E-state index in [9.17, 15) is 0 Å². The van der Waals surface area contributed by atoms with Crippen molar-refractivity contribution in [2.75, 3.05) is 13.7 Å². The van der Waals surface area contributed by atoms with Gasteiger partial charge >= 0.3 is 0 Å². The predicted molar refractivity (Wildman–Crippen MR) is 92.7 cm³/mol. The first-order valence-corrected chi connectivity index (χ1v) is 8.21. The minimum Gasteiger partial charge on any atom is -0.496 e. The molecule has 2 N–H and O–H groups in total. The highest BCUT2D eigenvalue weighted by atomic mass is 79.9. The Morgan fingerprint density at radius 2 is 1.71 bits per heavy atom. The Morgan fingerprint density at radius 1 is 1.05 bits per heavy atom. The molecule has 0 atom stereocenters. The third-order valence-corrected chi connectivity index (χ3v) is 4.39. The van der Waals surface area contributed by atoms with E-state index in [1.54, 1.807) is 7.11 Å². The van der Waals surface area contributed by atoms with Crippen LogP contribution in [0.4, 0.5) is 0 Å². The molecule has 0 heterocycles. The highest BCUT2D eigenvalue weighted by Crippen LogP contribution is 2.39. The van der Waals surface area contributed by atoms with Gasteiger partial charge in [0.25, 0.3) is 0 Å². The van der Waals surface area contributed by atoms with E-state index in [0.717, 1.165) is 26.7 Å². The Bertz CT molecular complexity index is 650. The van der Waals surface area contributed by atoms with Gasteiger partial charge in [-0.15, -0.1) is 0 Å². The van der Waals surface area contributed by atoms with Crippen LogP contribution in [-0.4, -0.2) is 13.7 Å². The van der Waals surface area contributed by atoms with E-state index in [0.29, 0.717) is 23.1 Å². The Labute approximate surface area is 145 Å². The van der Waals surface area contributed by atoms with Crippen molar-refractivity contribution < 1.29 is 9.47 Å². The molecule has 0 saturated heterocycles. The summed E-state index contributed by atoms with van der Waals surface area (Å²) < 4.78 is 12.7. The highest BCUT2D eigenvalue weighted by Gasteiger charge is 2.11. The Kier molecular flexibility index (Phi) is 5.93. The second kappa shape index (κ2) is 7.49. The van der Waals surface area contributed by atoms with Gasteiger partial charge < -0.3 is 15.2 Å². The number of rotatable bonds is 5. The fourth-order valence-corrected chi connectivity index (χ4v) is 2.94. The minimum absolute atomic E-state index is 0.555. The molecule has 21 heavy (non-hydrogen) atoms. The van der Waals surface area contributed by atoms with Gasteiger partial charge in [-0.25, -0.2) is 0 Å². The normalized spacial score (nSPS) is 10.5.